The number of hydrazine groups is 1. The summed E-state index contributed by atoms with van der Waals surface area (Å²) in [5.74, 6) is -2.22. The van der Waals surface area contributed by atoms with Crippen LogP contribution in [0.1, 0.15) is 5.56 Å². The smallest absolute Gasteiger partial charge is 0.265 e. The molecule has 3 rings (SSSR count). The van der Waals surface area contributed by atoms with E-state index in [4.69, 9.17) is 0 Å². The topological polar surface area (TPSA) is 109 Å². The van der Waals surface area contributed by atoms with Gasteiger partial charge in [-0.3, -0.25) is 14.6 Å². The van der Waals surface area contributed by atoms with E-state index >= 15 is 0 Å². The molecular weight excluding hydrogens is 320 g/mol. The molecule has 116 valence electrons. The van der Waals surface area contributed by atoms with Crippen LogP contribution < -0.4 is 4.83 Å². The number of hydrogen-bond acceptors (Lipinski definition) is 5. The minimum atomic E-state index is -4.03. The minimum Gasteiger partial charge on any atom is -0.265 e. The Labute approximate surface area is 131 Å². The summed E-state index contributed by atoms with van der Waals surface area (Å²) in [7, 11) is -4.03. The number of nitrogens with zero attached hydrogens (tertiary/aromatic N) is 3. The summed E-state index contributed by atoms with van der Waals surface area (Å²) in [6.45, 7) is 0. The molecular formula is C14H10N4O4S. The highest BCUT2D eigenvalue weighted by atomic mass is 32.2. The van der Waals surface area contributed by atoms with Crippen LogP contribution in [0.4, 0.5) is 0 Å². The van der Waals surface area contributed by atoms with Gasteiger partial charge >= 0.3 is 11.8 Å². The maximum Gasteiger partial charge on any atom is 0.339 e. The first-order chi connectivity index (χ1) is 11.0. The quantitative estimate of drug-likeness (QED) is 0.799. The molecule has 2 amide bonds. The number of aromatic nitrogens is 1. The molecule has 1 aliphatic heterocycles. The average molecular weight is 330 g/mol. The molecule has 0 saturated carbocycles. The van der Waals surface area contributed by atoms with E-state index in [2.05, 4.69) is 14.8 Å². The van der Waals surface area contributed by atoms with Crippen LogP contribution in [0.3, 0.4) is 0 Å². The van der Waals surface area contributed by atoms with Crippen LogP contribution in [0.5, 0.6) is 0 Å². The van der Waals surface area contributed by atoms with Gasteiger partial charge in [0.05, 0.1) is 4.90 Å². The number of amides is 2. The van der Waals surface area contributed by atoms with Crippen molar-refractivity contribution < 1.29 is 18.0 Å². The third-order valence-electron chi connectivity index (χ3n) is 3.01. The van der Waals surface area contributed by atoms with E-state index in [1.165, 1.54) is 36.7 Å². The molecule has 0 aliphatic carbocycles. The highest BCUT2D eigenvalue weighted by Crippen LogP contribution is 2.14. The van der Waals surface area contributed by atoms with Crippen molar-refractivity contribution in [3.8, 4) is 0 Å². The molecule has 23 heavy (non-hydrogen) atoms. The maximum absolute atomic E-state index is 12.3. The zero-order chi connectivity index (χ0) is 16.4. The van der Waals surface area contributed by atoms with Crippen molar-refractivity contribution in [1.82, 2.24) is 14.8 Å². The number of pyridine rings is 1. The lowest BCUT2D eigenvalue weighted by Gasteiger charge is -2.18. The van der Waals surface area contributed by atoms with Crippen LogP contribution in [0.2, 0.25) is 0 Å². The molecule has 0 fully saturated rings. The van der Waals surface area contributed by atoms with Crippen LogP contribution in [-0.4, -0.2) is 36.1 Å². The molecule has 0 radical (unpaired) electrons. The molecule has 9 heteroatoms. The Bertz CT molecular complexity index is 895. The molecule has 0 saturated heterocycles. The molecule has 1 aliphatic rings. The van der Waals surface area contributed by atoms with Gasteiger partial charge in [0, 0.05) is 18.0 Å². The van der Waals surface area contributed by atoms with Crippen molar-refractivity contribution >= 4 is 27.7 Å². The zero-order valence-corrected chi connectivity index (χ0v) is 12.4. The fourth-order valence-corrected chi connectivity index (χ4v) is 2.97. The van der Waals surface area contributed by atoms with Crippen LogP contribution in [-0.2, 0) is 19.6 Å². The second kappa shape index (κ2) is 5.71. The summed E-state index contributed by atoms with van der Waals surface area (Å²) in [6, 6.07) is 10.5. The van der Waals surface area contributed by atoms with Crippen molar-refractivity contribution in [2.24, 2.45) is 4.99 Å². The van der Waals surface area contributed by atoms with Crippen molar-refractivity contribution in [1.29, 1.82) is 0 Å². The molecule has 0 spiro atoms. The highest BCUT2D eigenvalue weighted by Gasteiger charge is 2.37. The van der Waals surface area contributed by atoms with E-state index in [9.17, 15) is 18.0 Å². The zero-order valence-electron chi connectivity index (χ0n) is 11.6. The van der Waals surface area contributed by atoms with Crippen molar-refractivity contribution in [3.63, 3.8) is 0 Å². The summed E-state index contributed by atoms with van der Waals surface area (Å²) >= 11 is 0. The number of carbonyl (C=O) groups excluding carboxylic acids is 2. The monoisotopic (exact) mass is 330 g/mol. The molecule has 1 aromatic carbocycles. The molecule has 2 aromatic rings. The lowest BCUT2D eigenvalue weighted by molar-refractivity contribution is -0.140. The van der Waals surface area contributed by atoms with Gasteiger partial charge in [-0.05, 0) is 24.3 Å². The van der Waals surface area contributed by atoms with Gasteiger partial charge in [-0.25, -0.2) is 13.4 Å². The van der Waals surface area contributed by atoms with Gasteiger partial charge in [0.2, 0.25) is 0 Å². The number of aliphatic imine (C=N–C) groups is 1. The minimum absolute atomic E-state index is 0.0405. The predicted octanol–water partition coefficient (Wildman–Crippen LogP) is 0.0905. The Morgan fingerprint density at radius 2 is 1.61 bits per heavy atom. The first kappa shape index (κ1) is 15.0. The van der Waals surface area contributed by atoms with E-state index < -0.39 is 21.8 Å². The third kappa shape index (κ3) is 2.87. The van der Waals surface area contributed by atoms with Crippen LogP contribution in [0.15, 0.2) is 64.7 Å². The molecule has 1 N–H and O–H groups in total. The van der Waals surface area contributed by atoms with Crippen molar-refractivity contribution in [3.05, 3.63) is 60.4 Å². The van der Waals surface area contributed by atoms with Gasteiger partial charge in [-0.15, -0.1) is 4.83 Å². The maximum atomic E-state index is 12.3. The number of nitrogens with one attached hydrogen (secondary N) is 1. The fraction of sp³-hybridized carbons (Fsp3) is 0. The summed E-state index contributed by atoms with van der Waals surface area (Å²) in [5.41, 5.74) is 0.384. The summed E-state index contributed by atoms with van der Waals surface area (Å²) in [4.78, 5) is 32.9. The Kier molecular flexibility index (Phi) is 3.72. The van der Waals surface area contributed by atoms with Gasteiger partial charge in [0.15, 0.2) is 5.84 Å². The Morgan fingerprint density at radius 3 is 2.26 bits per heavy atom. The van der Waals surface area contributed by atoms with Gasteiger partial charge in [-0.1, -0.05) is 18.2 Å². The van der Waals surface area contributed by atoms with Gasteiger partial charge < -0.3 is 0 Å². The molecule has 2 heterocycles. The van der Waals surface area contributed by atoms with Crippen molar-refractivity contribution in [2.75, 3.05) is 0 Å². The lowest BCUT2D eigenvalue weighted by Crippen LogP contribution is -2.48. The normalized spacial score (nSPS) is 15.0. The highest BCUT2D eigenvalue weighted by molar-refractivity contribution is 7.89. The van der Waals surface area contributed by atoms with Crippen LogP contribution in [0.25, 0.3) is 0 Å². The molecule has 1 aromatic heterocycles. The van der Waals surface area contributed by atoms with Gasteiger partial charge in [0.1, 0.15) is 0 Å². The number of hydrogen-bond donors (Lipinski definition) is 1. The number of carbonyl (C=O) groups is 2. The van der Waals surface area contributed by atoms with E-state index in [0.29, 0.717) is 10.6 Å². The van der Waals surface area contributed by atoms with Crippen LogP contribution in [0, 0.1) is 0 Å². The number of sulfonamides is 1. The Balaban J connectivity index is 1.96. The fourth-order valence-electron chi connectivity index (χ4n) is 1.94. The number of benzene rings is 1. The first-order valence-corrected chi connectivity index (χ1v) is 7.92. The van der Waals surface area contributed by atoms with E-state index in [1.807, 2.05) is 0 Å². The second-order valence-corrected chi connectivity index (χ2v) is 6.19. The SMILES string of the molecule is O=C1N=C(c2ccncc2)N(NS(=O)(=O)c2ccccc2)C1=O. The molecule has 0 bridgehead atoms. The summed E-state index contributed by atoms with van der Waals surface area (Å²) in [5, 5.41) is 0.625. The second-order valence-electron chi connectivity index (χ2n) is 4.52. The molecule has 8 nitrogen and oxygen atoms in total. The van der Waals surface area contributed by atoms with Gasteiger partial charge in [0.25, 0.3) is 10.0 Å². The van der Waals surface area contributed by atoms with E-state index in [1.54, 1.807) is 18.2 Å². The van der Waals surface area contributed by atoms with E-state index in [-0.39, 0.29) is 10.7 Å². The first-order valence-electron chi connectivity index (χ1n) is 6.44. The summed E-state index contributed by atoms with van der Waals surface area (Å²) < 4.78 is 24.7. The number of rotatable bonds is 4. The Morgan fingerprint density at radius 1 is 0.957 bits per heavy atom. The standard InChI is InChI=1S/C14H10N4O4S/c19-13-14(20)18(12(16-13)10-6-8-15-9-7-10)17-23(21,22)11-4-2-1-3-5-11/h1-9,17H. The Hall–Kier alpha value is -2.91. The lowest BCUT2D eigenvalue weighted by atomic mass is 10.2. The average Bonchev–Trinajstić information content (AvgIpc) is 2.84. The van der Waals surface area contributed by atoms with Gasteiger partial charge in [-0.2, -0.15) is 4.99 Å². The predicted molar refractivity (Wildman–Crippen MR) is 79.4 cm³/mol. The largest absolute Gasteiger partial charge is 0.339 e. The van der Waals surface area contributed by atoms with Crippen molar-refractivity contribution in [2.45, 2.75) is 4.90 Å². The van der Waals surface area contributed by atoms with E-state index in [0.717, 1.165) is 0 Å². The third-order valence-corrected chi connectivity index (χ3v) is 4.32. The summed E-state index contributed by atoms with van der Waals surface area (Å²) in [6.07, 6.45) is 2.88. The molecule has 0 unspecified atom stereocenters. The van der Waals surface area contributed by atoms with Crippen LogP contribution >= 0.6 is 0 Å². The molecule has 0 atom stereocenters. The number of amidine groups is 1.